The first-order chi connectivity index (χ1) is 10.1. The van der Waals surface area contributed by atoms with E-state index in [-0.39, 0.29) is 5.91 Å². The van der Waals surface area contributed by atoms with E-state index >= 15 is 0 Å². The largest absolute Gasteiger partial charge is 0.377 e. The lowest BCUT2D eigenvalue weighted by molar-refractivity contribution is 0.0946. The van der Waals surface area contributed by atoms with Crippen LogP contribution in [0.25, 0.3) is 6.08 Å². The average molecular weight is 290 g/mol. The molecule has 0 fully saturated rings. The van der Waals surface area contributed by atoms with Gasteiger partial charge in [0.15, 0.2) is 0 Å². The van der Waals surface area contributed by atoms with Crippen LogP contribution < -0.4 is 5.32 Å². The molecule has 0 aromatic carbocycles. The summed E-state index contributed by atoms with van der Waals surface area (Å²) in [6.45, 7) is 11.8. The van der Waals surface area contributed by atoms with Crippen LogP contribution in [0, 0.1) is 5.92 Å². The van der Waals surface area contributed by atoms with Gasteiger partial charge in [-0.3, -0.25) is 4.79 Å². The van der Waals surface area contributed by atoms with Crippen LogP contribution in [-0.4, -0.2) is 24.0 Å². The maximum Gasteiger partial charge on any atom is 0.269 e. The minimum absolute atomic E-state index is 0.139. The highest BCUT2D eigenvalue weighted by Gasteiger charge is 2.10. The summed E-state index contributed by atoms with van der Waals surface area (Å²) in [5.74, 6) is 0.478. The van der Waals surface area contributed by atoms with Crippen molar-refractivity contribution in [1.29, 1.82) is 0 Å². The third-order valence-electron chi connectivity index (χ3n) is 3.44. The Morgan fingerprint density at radius 1 is 1.48 bits per heavy atom. The van der Waals surface area contributed by atoms with Gasteiger partial charge in [0.1, 0.15) is 5.69 Å². The quantitative estimate of drug-likeness (QED) is 0.758. The molecule has 4 nitrogen and oxygen atoms in total. The van der Waals surface area contributed by atoms with Crippen molar-refractivity contribution in [1.82, 2.24) is 10.3 Å². The molecule has 0 radical (unpaired) electrons. The maximum atomic E-state index is 12.2. The lowest BCUT2D eigenvalue weighted by Gasteiger charge is -2.10. The highest BCUT2D eigenvalue weighted by molar-refractivity contribution is 5.92. The van der Waals surface area contributed by atoms with Crippen LogP contribution in [-0.2, 0) is 11.3 Å². The molecule has 1 amide bonds. The Kier molecular flexibility index (Phi) is 7.69. The second-order valence-electron chi connectivity index (χ2n) is 5.18. The summed E-state index contributed by atoms with van der Waals surface area (Å²) in [7, 11) is 0. The van der Waals surface area contributed by atoms with Gasteiger partial charge < -0.3 is 10.1 Å². The predicted molar refractivity (Wildman–Crippen MR) is 86.1 cm³/mol. The van der Waals surface area contributed by atoms with Gasteiger partial charge >= 0.3 is 0 Å². The fourth-order valence-electron chi connectivity index (χ4n) is 1.86. The van der Waals surface area contributed by atoms with E-state index in [1.807, 2.05) is 13.0 Å². The number of amides is 1. The molecule has 0 bridgehead atoms. The molecule has 0 saturated carbocycles. The molecule has 4 heteroatoms. The van der Waals surface area contributed by atoms with Crippen molar-refractivity contribution >= 4 is 12.0 Å². The number of aromatic nitrogens is 1. The summed E-state index contributed by atoms with van der Waals surface area (Å²) < 4.78 is 5.39. The normalized spacial score (nSPS) is 12.0. The van der Waals surface area contributed by atoms with E-state index in [2.05, 4.69) is 30.7 Å². The molecule has 0 unspecified atom stereocenters. The number of rotatable bonds is 9. The zero-order valence-corrected chi connectivity index (χ0v) is 13.3. The van der Waals surface area contributed by atoms with Crippen molar-refractivity contribution in [2.45, 2.75) is 40.2 Å². The highest BCUT2D eigenvalue weighted by atomic mass is 16.5. The monoisotopic (exact) mass is 290 g/mol. The number of nitrogens with zero attached hydrogens (tertiary/aromatic N) is 1. The van der Waals surface area contributed by atoms with Crippen molar-refractivity contribution in [2.24, 2.45) is 5.92 Å². The molecule has 1 aromatic rings. The van der Waals surface area contributed by atoms with E-state index < -0.39 is 0 Å². The lowest BCUT2D eigenvalue weighted by Crippen LogP contribution is -2.26. The van der Waals surface area contributed by atoms with Gasteiger partial charge in [-0.2, -0.15) is 0 Å². The van der Waals surface area contributed by atoms with E-state index in [0.717, 1.165) is 18.4 Å². The Bertz CT molecular complexity index is 472. The molecule has 1 heterocycles. The lowest BCUT2D eigenvalue weighted by atomic mass is 10.1. The average Bonchev–Trinajstić information content (AvgIpc) is 2.52. The molecule has 1 rings (SSSR count). The fraction of sp³-hybridized carbons (Fsp3) is 0.529. The number of carbonyl (C=O) groups is 1. The summed E-state index contributed by atoms with van der Waals surface area (Å²) in [6.07, 6.45) is 3.75. The molecule has 116 valence electrons. The topological polar surface area (TPSA) is 51.2 Å². The number of carbonyl (C=O) groups excluding carboxylic acids is 1. The van der Waals surface area contributed by atoms with Gasteiger partial charge in [-0.05, 0) is 43.0 Å². The number of hydrogen-bond acceptors (Lipinski definition) is 3. The molecule has 0 spiro atoms. The van der Waals surface area contributed by atoms with Crippen molar-refractivity contribution < 1.29 is 9.53 Å². The van der Waals surface area contributed by atoms with Gasteiger partial charge in [-0.25, -0.2) is 4.98 Å². The van der Waals surface area contributed by atoms with E-state index in [1.54, 1.807) is 12.1 Å². The standard InChI is InChI=1S/C17H26N2O2/c1-5-13(4)8-9-18-17(20)16-11-14(12-21-7-3)10-15(6-2)19-16/h6,10-11,13H,2,5,7-9,12H2,1,3-4H3,(H,18,20)/t13-/m0/s1. The summed E-state index contributed by atoms with van der Waals surface area (Å²) in [5.41, 5.74) is 2.05. The molecule has 1 aromatic heterocycles. The minimum atomic E-state index is -0.139. The van der Waals surface area contributed by atoms with Gasteiger partial charge in [0, 0.05) is 13.2 Å². The molecule has 0 aliphatic heterocycles. The Morgan fingerprint density at radius 3 is 2.86 bits per heavy atom. The molecule has 0 aliphatic rings. The molecule has 1 atom stereocenters. The van der Waals surface area contributed by atoms with Gasteiger partial charge in [0.25, 0.3) is 5.91 Å². The maximum absolute atomic E-state index is 12.2. The summed E-state index contributed by atoms with van der Waals surface area (Å²) >= 11 is 0. The van der Waals surface area contributed by atoms with Gasteiger partial charge in [-0.15, -0.1) is 0 Å². The van der Waals surface area contributed by atoms with E-state index in [1.165, 1.54) is 0 Å². The Balaban J connectivity index is 2.71. The van der Waals surface area contributed by atoms with Crippen LogP contribution in [0.15, 0.2) is 18.7 Å². The van der Waals surface area contributed by atoms with Gasteiger partial charge in [0.05, 0.1) is 12.3 Å². The zero-order chi connectivity index (χ0) is 15.7. The first kappa shape index (κ1) is 17.4. The van der Waals surface area contributed by atoms with E-state index in [0.29, 0.717) is 37.1 Å². The highest BCUT2D eigenvalue weighted by Crippen LogP contribution is 2.10. The first-order valence-electron chi connectivity index (χ1n) is 7.60. The third-order valence-corrected chi connectivity index (χ3v) is 3.44. The number of ether oxygens (including phenoxy) is 1. The summed E-state index contributed by atoms with van der Waals surface area (Å²) in [6, 6.07) is 3.67. The third kappa shape index (κ3) is 6.08. The molecular formula is C17H26N2O2. The summed E-state index contributed by atoms with van der Waals surface area (Å²) in [5, 5.41) is 2.92. The first-order valence-corrected chi connectivity index (χ1v) is 7.60. The molecule has 0 aliphatic carbocycles. The molecular weight excluding hydrogens is 264 g/mol. The molecule has 21 heavy (non-hydrogen) atoms. The van der Waals surface area contributed by atoms with Crippen LogP contribution in [0.2, 0.25) is 0 Å². The van der Waals surface area contributed by atoms with E-state index in [9.17, 15) is 4.79 Å². The minimum Gasteiger partial charge on any atom is -0.377 e. The number of nitrogens with one attached hydrogen (secondary N) is 1. The number of pyridine rings is 1. The van der Waals surface area contributed by atoms with Crippen molar-refractivity contribution in [3.63, 3.8) is 0 Å². The van der Waals surface area contributed by atoms with Crippen LogP contribution in [0.3, 0.4) is 0 Å². The predicted octanol–water partition coefficient (Wildman–Crippen LogP) is 3.43. The van der Waals surface area contributed by atoms with Crippen LogP contribution in [0.5, 0.6) is 0 Å². The van der Waals surface area contributed by atoms with Crippen molar-refractivity contribution in [3.05, 3.63) is 35.7 Å². The van der Waals surface area contributed by atoms with Crippen LogP contribution >= 0.6 is 0 Å². The van der Waals surface area contributed by atoms with Crippen molar-refractivity contribution in [2.75, 3.05) is 13.2 Å². The SMILES string of the molecule is C=Cc1cc(COCC)cc(C(=O)NCC[C@@H](C)CC)n1. The summed E-state index contributed by atoms with van der Waals surface area (Å²) in [4.78, 5) is 16.5. The Labute approximate surface area is 127 Å². The zero-order valence-electron chi connectivity index (χ0n) is 13.3. The van der Waals surface area contributed by atoms with Crippen LogP contribution in [0.4, 0.5) is 0 Å². The van der Waals surface area contributed by atoms with Gasteiger partial charge in [-0.1, -0.05) is 26.8 Å². The number of hydrogen-bond donors (Lipinski definition) is 1. The van der Waals surface area contributed by atoms with E-state index in [4.69, 9.17) is 4.74 Å². The second kappa shape index (κ2) is 9.29. The second-order valence-corrected chi connectivity index (χ2v) is 5.18. The smallest absolute Gasteiger partial charge is 0.269 e. The molecule has 1 N–H and O–H groups in total. The fourth-order valence-corrected chi connectivity index (χ4v) is 1.86. The van der Waals surface area contributed by atoms with Gasteiger partial charge in [0.2, 0.25) is 0 Å². The van der Waals surface area contributed by atoms with Crippen molar-refractivity contribution in [3.8, 4) is 0 Å². The molecule has 0 saturated heterocycles. The Hall–Kier alpha value is -1.68. The Morgan fingerprint density at radius 2 is 2.24 bits per heavy atom. The van der Waals surface area contributed by atoms with Crippen LogP contribution in [0.1, 0.15) is 55.4 Å².